The lowest BCUT2D eigenvalue weighted by molar-refractivity contribution is -0.385. The highest BCUT2D eigenvalue weighted by molar-refractivity contribution is 5.87. The van der Waals surface area contributed by atoms with Gasteiger partial charge >= 0.3 is 5.69 Å². The first kappa shape index (κ1) is 18.4. The van der Waals surface area contributed by atoms with Crippen molar-refractivity contribution in [2.45, 2.75) is 25.2 Å². The monoisotopic (exact) mass is 369 g/mol. The molecule has 0 aromatic heterocycles. The molecule has 0 fully saturated rings. The second kappa shape index (κ2) is 8.31. The number of carbonyl (C=O) groups is 2. The second-order valence-corrected chi connectivity index (χ2v) is 6.19. The number of amides is 2. The van der Waals surface area contributed by atoms with E-state index in [1.165, 1.54) is 18.2 Å². The van der Waals surface area contributed by atoms with Crippen LogP contribution >= 0.6 is 0 Å². The normalized spacial score (nSPS) is 15.3. The Bertz CT molecular complexity index is 868. The van der Waals surface area contributed by atoms with E-state index in [4.69, 9.17) is 4.74 Å². The molecule has 0 heterocycles. The molecule has 1 aliphatic rings. The Balaban J connectivity index is 1.53. The average Bonchev–Trinajstić information content (AvgIpc) is 2.70. The van der Waals surface area contributed by atoms with Gasteiger partial charge in [-0.1, -0.05) is 36.4 Å². The van der Waals surface area contributed by atoms with E-state index < -0.39 is 17.4 Å². The van der Waals surface area contributed by atoms with Crippen molar-refractivity contribution in [3.8, 4) is 5.75 Å². The standard InChI is InChI=1S/C19H19N3O5/c23-18(12-27-17-11-4-3-10-16(17)22(25)26)20-21-19(24)15-9-5-7-13-6-1-2-8-14(13)15/h1-4,6,8,10-11,15H,5,7,9,12H2,(H,20,23)(H,21,24)/t15-/m0/s1. The van der Waals surface area contributed by atoms with Gasteiger partial charge in [0.1, 0.15) is 0 Å². The summed E-state index contributed by atoms with van der Waals surface area (Å²) in [5, 5.41) is 10.9. The number of nitro groups is 1. The van der Waals surface area contributed by atoms with E-state index in [9.17, 15) is 19.7 Å². The van der Waals surface area contributed by atoms with Gasteiger partial charge in [0.15, 0.2) is 12.4 Å². The number of aryl methyl sites for hydroxylation is 1. The van der Waals surface area contributed by atoms with Gasteiger partial charge in [-0.3, -0.25) is 30.6 Å². The van der Waals surface area contributed by atoms with Crippen LogP contribution in [0.1, 0.15) is 29.9 Å². The van der Waals surface area contributed by atoms with Gasteiger partial charge in [-0.2, -0.15) is 0 Å². The number of benzene rings is 2. The van der Waals surface area contributed by atoms with Crippen molar-refractivity contribution in [3.05, 3.63) is 69.8 Å². The van der Waals surface area contributed by atoms with Crippen LogP contribution in [0.4, 0.5) is 5.69 Å². The van der Waals surface area contributed by atoms with E-state index in [-0.39, 0.29) is 23.3 Å². The number of nitro benzene ring substituents is 1. The van der Waals surface area contributed by atoms with Gasteiger partial charge in [-0.15, -0.1) is 0 Å². The SMILES string of the molecule is O=C(COc1ccccc1[N+](=O)[O-])NNC(=O)[C@H]1CCCc2ccccc21. The minimum atomic E-state index is -0.606. The second-order valence-electron chi connectivity index (χ2n) is 6.19. The highest BCUT2D eigenvalue weighted by atomic mass is 16.6. The van der Waals surface area contributed by atoms with Gasteiger partial charge in [-0.05, 0) is 36.5 Å². The minimum absolute atomic E-state index is 0.00909. The van der Waals surface area contributed by atoms with Crippen molar-refractivity contribution < 1.29 is 19.2 Å². The molecule has 8 nitrogen and oxygen atoms in total. The molecule has 2 amide bonds. The number of para-hydroxylation sites is 2. The van der Waals surface area contributed by atoms with Crippen LogP contribution in [0.15, 0.2) is 48.5 Å². The summed E-state index contributed by atoms with van der Waals surface area (Å²) in [7, 11) is 0. The van der Waals surface area contributed by atoms with Gasteiger partial charge in [0.2, 0.25) is 5.91 Å². The number of ether oxygens (including phenoxy) is 1. The van der Waals surface area contributed by atoms with Gasteiger partial charge in [0.05, 0.1) is 10.8 Å². The average molecular weight is 369 g/mol. The molecule has 0 unspecified atom stereocenters. The lowest BCUT2D eigenvalue weighted by Crippen LogP contribution is -2.46. The fraction of sp³-hybridized carbons (Fsp3) is 0.263. The molecule has 2 N–H and O–H groups in total. The number of hydrogen-bond acceptors (Lipinski definition) is 5. The molecular formula is C19H19N3O5. The Morgan fingerprint density at radius 3 is 2.67 bits per heavy atom. The molecule has 0 radical (unpaired) electrons. The van der Waals surface area contributed by atoms with Crippen LogP contribution in [0.2, 0.25) is 0 Å². The molecule has 1 aliphatic carbocycles. The largest absolute Gasteiger partial charge is 0.477 e. The molecule has 0 saturated heterocycles. The smallest absolute Gasteiger partial charge is 0.310 e. The fourth-order valence-corrected chi connectivity index (χ4v) is 3.15. The van der Waals surface area contributed by atoms with Gasteiger partial charge in [0, 0.05) is 6.07 Å². The molecule has 2 aromatic rings. The Morgan fingerprint density at radius 2 is 1.85 bits per heavy atom. The van der Waals surface area contributed by atoms with Crippen LogP contribution in [-0.4, -0.2) is 23.3 Å². The van der Waals surface area contributed by atoms with Gasteiger partial charge in [0.25, 0.3) is 5.91 Å². The number of rotatable bonds is 5. The third-order valence-corrected chi connectivity index (χ3v) is 4.43. The number of hydrogen-bond donors (Lipinski definition) is 2. The third-order valence-electron chi connectivity index (χ3n) is 4.43. The molecule has 2 aromatic carbocycles. The summed E-state index contributed by atoms with van der Waals surface area (Å²) in [6.07, 6.45) is 2.56. The predicted octanol–water partition coefficient (Wildman–Crippen LogP) is 2.24. The topological polar surface area (TPSA) is 111 Å². The minimum Gasteiger partial charge on any atom is -0.477 e. The Labute approximate surface area is 155 Å². The van der Waals surface area contributed by atoms with Crippen LogP contribution in [-0.2, 0) is 16.0 Å². The molecule has 27 heavy (non-hydrogen) atoms. The maximum Gasteiger partial charge on any atom is 0.310 e. The van der Waals surface area contributed by atoms with Crippen molar-refractivity contribution in [2.75, 3.05) is 6.61 Å². The first-order valence-electron chi connectivity index (χ1n) is 8.59. The van der Waals surface area contributed by atoms with Crippen LogP contribution in [0.3, 0.4) is 0 Å². The summed E-state index contributed by atoms with van der Waals surface area (Å²) < 4.78 is 5.19. The van der Waals surface area contributed by atoms with E-state index in [1.807, 2.05) is 24.3 Å². The van der Waals surface area contributed by atoms with E-state index in [1.54, 1.807) is 6.07 Å². The molecule has 0 spiro atoms. The first-order chi connectivity index (χ1) is 13.1. The number of nitrogens with zero attached hydrogens (tertiary/aromatic N) is 1. The van der Waals surface area contributed by atoms with E-state index in [0.717, 1.165) is 24.0 Å². The zero-order chi connectivity index (χ0) is 19.2. The molecule has 0 bridgehead atoms. The molecule has 140 valence electrons. The highest BCUT2D eigenvalue weighted by Crippen LogP contribution is 2.31. The summed E-state index contributed by atoms with van der Waals surface area (Å²) in [6.45, 7) is -0.452. The van der Waals surface area contributed by atoms with E-state index in [2.05, 4.69) is 10.9 Å². The Kier molecular flexibility index (Phi) is 5.65. The molecule has 0 saturated carbocycles. The van der Waals surface area contributed by atoms with Crippen LogP contribution in [0, 0.1) is 10.1 Å². The fourth-order valence-electron chi connectivity index (χ4n) is 3.15. The lowest BCUT2D eigenvalue weighted by atomic mass is 9.82. The van der Waals surface area contributed by atoms with Crippen molar-refractivity contribution in [1.82, 2.24) is 10.9 Å². The summed E-state index contributed by atoms with van der Waals surface area (Å²) in [5.74, 6) is -1.22. The third kappa shape index (κ3) is 4.41. The van der Waals surface area contributed by atoms with Crippen LogP contribution in [0.25, 0.3) is 0 Å². The van der Waals surface area contributed by atoms with Gasteiger partial charge < -0.3 is 4.74 Å². The lowest BCUT2D eigenvalue weighted by Gasteiger charge is -2.24. The Morgan fingerprint density at radius 1 is 1.11 bits per heavy atom. The zero-order valence-corrected chi connectivity index (χ0v) is 14.5. The number of nitrogens with one attached hydrogen (secondary N) is 2. The van der Waals surface area contributed by atoms with Gasteiger partial charge in [-0.25, -0.2) is 0 Å². The zero-order valence-electron chi connectivity index (χ0n) is 14.5. The Hall–Kier alpha value is -3.42. The quantitative estimate of drug-likeness (QED) is 0.620. The van der Waals surface area contributed by atoms with Crippen LogP contribution in [0.5, 0.6) is 5.75 Å². The molecule has 8 heteroatoms. The maximum absolute atomic E-state index is 12.4. The number of hydrazine groups is 1. The van der Waals surface area contributed by atoms with Crippen molar-refractivity contribution in [3.63, 3.8) is 0 Å². The highest BCUT2D eigenvalue weighted by Gasteiger charge is 2.26. The summed E-state index contributed by atoms with van der Waals surface area (Å²) in [6, 6.07) is 13.5. The molecular weight excluding hydrogens is 350 g/mol. The summed E-state index contributed by atoms with van der Waals surface area (Å²) in [4.78, 5) is 34.7. The maximum atomic E-state index is 12.4. The number of fused-ring (bicyclic) bond motifs is 1. The van der Waals surface area contributed by atoms with E-state index in [0.29, 0.717) is 6.42 Å². The van der Waals surface area contributed by atoms with E-state index >= 15 is 0 Å². The van der Waals surface area contributed by atoms with Crippen molar-refractivity contribution in [1.29, 1.82) is 0 Å². The summed E-state index contributed by atoms with van der Waals surface area (Å²) in [5.41, 5.74) is 6.61. The van der Waals surface area contributed by atoms with Crippen LogP contribution < -0.4 is 15.6 Å². The molecule has 1 atom stereocenters. The summed E-state index contributed by atoms with van der Waals surface area (Å²) >= 11 is 0. The number of carbonyl (C=O) groups excluding carboxylic acids is 2. The molecule has 0 aliphatic heterocycles. The van der Waals surface area contributed by atoms with Crippen molar-refractivity contribution in [2.24, 2.45) is 0 Å². The van der Waals surface area contributed by atoms with Crippen molar-refractivity contribution >= 4 is 17.5 Å². The first-order valence-corrected chi connectivity index (χ1v) is 8.59. The predicted molar refractivity (Wildman–Crippen MR) is 97.0 cm³/mol. The molecule has 3 rings (SSSR count).